The van der Waals surface area contributed by atoms with Crippen LogP contribution in [-0.2, 0) is 17.6 Å². The van der Waals surface area contributed by atoms with Crippen LogP contribution in [0, 0.1) is 17.8 Å². The molecule has 1 aromatic carbocycles. The fourth-order valence-corrected chi connectivity index (χ4v) is 7.14. The SMILES string of the molecule is O=C(C[C@@H]1CCNC[C@@H]1Cc1cc(CC2CCCCC2)on1)N1CCC(n2c(=O)[nH]c3ccccc32)CC1. The van der Waals surface area contributed by atoms with Gasteiger partial charge in [-0.25, -0.2) is 4.79 Å². The first-order chi connectivity index (χ1) is 18.6. The van der Waals surface area contributed by atoms with Crippen LogP contribution in [0.3, 0.4) is 0 Å². The first-order valence-corrected chi connectivity index (χ1v) is 14.8. The molecule has 3 aliphatic rings. The molecule has 0 spiro atoms. The van der Waals surface area contributed by atoms with Gasteiger partial charge in [0.15, 0.2) is 0 Å². The van der Waals surface area contributed by atoms with E-state index < -0.39 is 0 Å². The lowest BCUT2D eigenvalue weighted by molar-refractivity contribution is -0.134. The number of imidazole rings is 1. The molecule has 38 heavy (non-hydrogen) atoms. The second-order valence-electron chi connectivity index (χ2n) is 11.8. The molecule has 2 saturated heterocycles. The van der Waals surface area contributed by atoms with Crippen molar-refractivity contribution >= 4 is 16.9 Å². The average Bonchev–Trinajstić information content (AvgIpc) is 3.53. The van der Waals surface area contributed by atoms with Gasteiger partial charge < -0.3 is 19.7 Å². The third-order valence-corrected chi connectivity index (χ3v) is 9.30. The summed E-state index contributed by atoms with van der Waals surface area (Å²) in [5, 5.41) is 7.95. The second-order valence-corrected chi connectivity index (χ2v) is 11.8. The summed E-state index contributed by atoms with van der Waals surface area (Å²) in [6.45, 7) is 3.30. The minimum atomic E-state index is -0.0525. The summed E-state index contributed by atoms with van der Waals surface area (Å²) in [5.74, 6) is 2.77. The summed E-state index contributed by atoms with van der Waals surface area (Å²) in [6.07, 6.45) is 11.8. The van der Waals surface area contributed by atoms with Gasteiger partial charge in [0.2, 0.25) is 5.91 Å². The van der Waals surface area contributed by atoms with E-state index in [9.17, 15) is 9.59 Å². The van der Waals surface area contributed by atoms with Gasteiger partial charge in [0.25, 0.3) is 0 Å². The summed E-state index contributed by atoms with van der Waals surface area (Å²) in [7, 11) is 0. The van der Waals surface area contributed by atoms with Crippen LogP contribution in [0.4, 0.5) is 0 Å². The Bertz CT molecular complexity index is 1280. The van der Waals surface area contributed by atoms with Gasteiger partial charge in [-0.3, -0.25) is 9.36 Å². The largest absolute Gasteiger partial charge is 0.361 e. The first-order valence-electron chi connectivity index (χ1n) is 14.8. The molecule has 8 nitrogen and oxygen atoms in total. The highest BCUT2D eigenvalue weighted by molar-refractivity contribution is 5.77. The molecular formula is C30H41N5O3. The summed E-state index contributed by atoms with van der Waals surface area (Å²) >= 11 is 0. The molecule has 1 saturated carbocycles. The van der Waals surface area contributed by atoms with E-state index in [0.717, 1.165) is 73.6 Å². The summed E-state index contributed by atoms with van der Waals surface area (Å²) in [4.78, 5) is 31.0. The fourth-order valence-electron chi connectivity index (χ4n) is 7.14. The Morgan fingerprint density at radius 1 is 1.00 bits per heavy atom. The van der Waals surface area contributed by atoms with Gasteiger partial charge in [-0.15, -0.1) is 0 Å². The number of para-hydroxylation sites is 2. The van der Waals surface area contributed by atoms with Gasteiger partial charge in [0.05, 0.1) is 16.7 Å². The van der Waals surface area contributed by atoms with Crippen LogP contribution in [0.5, 0.6) is 0 Å². The van der Waals surface area contributed by atoms with E-state index in [0.29, 0.717) is 31.3 Å². The molecule has 204 valence electrons. The number of carbonyl (C=O) groups excluding carboxylic acids is 1. The lowest BCUT2D eigenvalue weighted by atomic mass is 9.80. The van der Waals surface area contributed by atoms with Gasteiger partial charge in [0, 0.05) is 38.0 Å². The van der Waals surface area contributed by atoms with E-state index in [1.165, 1.54) is 32.1 Å². The topological polar surface area (TPSA) is 96.2 Å². The highest BCUT2D eigenvalue weighted by Crippen LogP contribution is 2.31. The van der Waals surface area contributed by atoms with Crippen molar-refractivity contribution in [1.29, 1.82) is 0 Å². The maximum Gasteiger partial charge on any atom is 0.326 e. The van der Waals surface area contributed by atoms with Gasteiger partial charge in [-0.05, 0) is 68.7 Å². The van der Waals surface area contributed by atoms with Crippen LogP contribution in [-0.4, -0.2) is 51.7 Å². The number of hydrogen-bond donors (Lipinski definition) is 2. The first kappa shape index (κ1) is 25.4. The number of piperidine rings is 2. The lowest BCUT2D eigenvalue weighted by Gasteiger charge is -2.36. The van der Waals surface area contributed by atoms with E-state index in [4.69, 9.17) is 4.52 Å². The molecule has 0 bridgehead atoms. The number of nitrogens with one attached hydrogen (secondary N) is 2. The Kier molecular flexibility index (Phi) is 7.68. The molecular weight excluding hydrogens is 478 g/mol. The van der Waals surface area contributed by atoms with Crippen molar-refractivity contribution in [2.75, 3.05) is 26.2 Å². The number of fused-ring (bicyclic) bond motifs is 1. The van der Waals surface area contributed by atoms with Gasteiger partial charge in [-0.2, -0.15) is 0 Å². The van der Waals surface area contributed by atoms with E-state index in [1.54, 1.807) is 0 Å². The summed E-state index contributed by atoms with van der Waals surface area (Å²) in [5.41, 5.74) is 2.81. The molecule has 2 atom stereocenters. The van der Waals surface area contributed by atoms with Crippen molar-refractivity contribution in [3.63, 3.8) is 0 Å². The molecule has 6 rings (SSSR count). The predicted octanol–water partition coefficient (Wildman–Crippen LogP) is 4.46. The minimum absolute atomic E-state index is 0.0525. The standard InChI is InChI=1S/C30H41N5O3/c36-29(34-14-11-25(12-15-34)35-28-9-5-4-8-27(28)32-30(35)37)18-22-10-13-31-20-23(22)17-24-19-26(38-33-24)16-21-6-2-1-3-7-21/h4-5,8-9,19,21-23,25,31H,1-3,6-7,10-18,20H2,(H,32,37)/t22-,23-/m0/s1. The van der Waals surface area contributed by atoms with Crippen molar-refractivity contribution in [3.05, 3.63) is 52.3 Å². The molecule has 2 N–H and O–H groups in total. The summed E-state index contributed by atoms with van der Waals surface area (Å²) < 4.78 is 7.61. The monoisotopic (exact) mass is 519 g/mol. The van der Waals surface area contributed by atoms with E-state index >= 15 is 0 Å². The van der Waals surface area contributed by atoms with Crippen molar-refractivity contribution in [3.8, 4) is 0 Å². The van der Waals surface area contributed by atoms with Gasteiger partial charge >= 0.3 is 5.69 Å². The molecule has 0 radical (unpaired) electrons. The maximum atomic E-state index is 13.4. The molecule has 1 amide bonds. The molecule has 8 heteroatoms. The Morgan fingerprint density at radius 3 is 2.66 bits per heavy atom. The number of H-pyrrole nitrogens is 1. The number of benzene rings is 1. The average molecular weight is 520 g/mol. The van der Waals surface area contributed by atoms with E-state index in [-0.39, 0.29) is 17.6 Å². The van der Waals surface area contributed by atoms with Crippen molar-refractivity contribution in [1.82, 2.24) is 24.9 Å². The molecule has 2 aromatic heterocycles. The number of rotatable bonds is 7. The fraction of sp³-hybridized carbons (Fsp3) is 0.633. The molecule has 4 heterocycles. The van der Waals surface area contributed by atoms with Crippen LogP contribution in [0.15, 0.2) is 39.6 Å². The Hall–Kier alpha value is -2.87. The Labute approximate surface area is 224 Å². The Balaban J connectivity index is 1.03. The molecule has 2 aliphatic heterocycles. The van der Waals surface area contributed by atoms with Crippen LogP contribution < -0.4 is 11.0 Å². The number of aromatic nitrogens is 3. The smallest absolute Gasteiger partial charge is 0.326 e. The zero-order valence-corrected chi connectivity index (χ0v) is 22.4. The number of likely N-dealkylation sites (tertiary alicyclic amines) is 1. The van der Waals surface area contributed by atoms with Crippen LogP contribution >= 0.6 is 0 Å². The van der Waals surface area contributed by atoms with Crippen LogP contribution in [0.25, 0.3) is 11.0 Å². The summed E-state index contributed by atoms with van der Waals surface area (Å²) in [6, 6.07) is 10.1. The van der Waals surface area contributed by atoms with Crippen LogP contribution in [0.1, 0.15) is 75.3 Å². The third kappa shape index (κ3) is 5.60. The highest BCUT2D eigenvalue weighted by Gasteiger charge is 2.32. The quantitative estimate of drug-likeness (QED) is 0.480. The zero-order valence-electron chi connectivity index (χ0n) is 22.4. The van der Waals surface area contributed by atoms with Crippen molar-refractivity contribution < 1.29 is 9.32 Å². The minimum Gasteiger partial charge on any atom is -0.361 e. The van der Waals surface area contributed by atoms with Crippen molar-refractivity contribution in [2.24, 2.45) is 17.8 Å². The van der Waals surface area contributed by atoms with E-state index in [1.807, 2.05) is 33.7 Å². The van der Waals surface area contributed by atoms with Gasteiger partial charge in [-0.1, -0.05) is 49.4 Å². The number of hydrogen-bond acceptors (Lipinski definition) is 5. The number of amides is 1. The number of carbonyl (C=O) groups is 1. The Morgan fingerprint density at radius 2 is 1.82 bits per heavy atom. The molecule has 3 aromatic rings. The van der Waals surface area contributed by atoms with Crippen LogP contribution in [0.2, 0.25) is 0 Å². The third-order valence-electron chi connectivity index (χ3n) is 9.30. The highest BCUT2D eigenvalue weighted by atomic mass is 16.5. The normalized spacial score (nSPS) is 23.7. The zero-order chi connectivity index (χ0) is 25.9. The maximum absolute atomic E-state index is 13.4. The second kappa shape index (κ2) is 11.5. The van der Waals surface area contributed by atoms with E-state index in [2.05, 4.69) is 21.5 Å². The molecule has 1 aliphatic carbocycles. The molecule has 3 fully saturated rings. The predicted molar refractivity (Wildman–Crippen MR) is 147 cm³/mol. The number of aromatic amines is 1. The molecule has 0 unspecified atom stereocenters. The van der Waals surface area contributed by atoms with Crippen molar-refractivity contribution in [2.45, 2.75) is 76.7 Å². The number of nitrogens with zero attached hydrogens (tertiary/aromatic N) is 3. The van der Waals surface area contributed by atoms with Gasteiger partial charge in [0.1, 0.15) is 5.76 Å². The lowest BCUT2D eigenvalue weighted by Crippen LogP contribution is -2.44.